The van der Waals surface area contributed by atoms with Crippen LogP contribution < -0.4 is 19.5 Å². The molecule has 7 heteroatoms. The van der Waals surface area contributed by atoms with Crippen molar-refractivity contribution in [3.63, 3.8) is 0 Å². The minimum absolute atomic E-state index is 0.0143. The van der Waals surface area contributed by atoms with Crippen LogP contribution in [0.3, 0.4) is 0 Å². The molecule has 32 heavy (non-hydrogen) atoms. The van der Waals surface area contributed by atoms with Gasteiger partial charge in [-0.25, -0.2) is 0 Å². The third-order valence-corrected chi connectivity index (χ3v) is 5.81. The maximum atomic E-state index is 12.8. The number of hydrogen-bond acceptors (Lipinski definition) is 6. The van der Waals surface area contributed by atoms with Crippen LogP contribution in [-0.4, -0.2) is 64.5 Å². The summed E-state index contributed by atoms with van der Waals surface area (Å²) in [6.45, 7) is 5.21. The molecule has 1 fully saturated rings. The first-order valence-electron chi connectivity index (χ1n) is 11.0. The Kier molecular flexibility index (Phi) is 8.76. The summed E-state index contributed by atoms with van der Waals surface area (Å²) in [7, 11) is 4.75. The van der Waals surface area contributed by atoms with Crippen molar-refractivity contribution < 1.29 is 23.7 Å². The van der Waals surface area contributed by atoms with Gasteiger partial charge in [-0.3, -0.25) is 9.69 Å². The molecular weight excluding hydrogens is 408 g/mol. The highest BCUT2D eigenvalue weighted by Crippen LogP contribution is 2.38. The molecule has 0 unspecified atom stereocenters. The molecule has 1 aliphatic heterocycles. The van der Waals surface area contributed by atoms with Crippen molar-refractivity contribution in [2.45, 2.75) is 31.8 Å². The molecule has 0 spiro atoms. The summed E-state index contributed by atoms with van der Waals surface area (Å²) in [6, 6.07) is 14.2. The first kappa shape index (κ1) is 23.9. The van der Waals surface area contributed by atoms with E-state index in [2.05, 4.69) is 29.3 Å². The van der Waals surface area contributed by atoms with E-state index in [-0.39, 0.29) is 18.0 Å². The normalized spacial score (nSPS) is 16.1. The number of aryl methyl sites for hydroxylation is 1. The molecule has 0 saturated carbocycles. The first-order chi connectivity index (χ1) is 15.6. The Morgan fingerprint density at radius 2 is 1.66 bits per heavy atom. The third-order valence-electron chi connectivity index (χ3n) is 5.81. The highest BCUT2D eigenvalue weighted by atomic mass is 16.5. The van der Waals surface area contributed by atoms with Gasteiger partial charge in [-0.15, -0.1) is 0 Å². The van der Waals surface area contributed by atoms with Crippen LogP contribution in [0.5, 0.6) is 17.2 Å². The van der Waals surface area contributed by atoms with Crippen LogP contribution in [0.25, 0.3) is 0 Å². The van der Waals surface area contributed by atoms with Crippen LogP contribution in [0, 0.1) is 0 Å². The van der Waals surface area contributed by atoms with Crippen molar-refractivity contribution in [3.05, 3.63) is 53.6 Å². The van der Waals surface area contributed by atoms with Crippen LogP contribution in [0.1, 0.15) is 30.5 Å². The van der Waals surface area contributed by atoms with Crippen molar-refractivity contribution in [3.8, 4) is 17.2 Å². The van der Waals surface area contributed by atoms with Gasteiger partial charge >= 0.3 is 0 Å². The van der Waals surface area contributed by atoms with E-state index in [1.165, 1.54) is 5.56 Å². The maximum Gasteiger partial charge on any atom is 0.220 e. The van der Waals surface area contributed by atoms with Gasteiger partial charge in [0.15, 0.2) is 11.5 Å². The molecule has 0 radical (unpaired) electrons. The number of carbonyl (C=O) groups excluding carboxylic acids is 1. The second kappa shape index (κ2) is 11.7. The number of carbonyl (C=O) groups is 1. The average Bonchev–Trinajstić information content (AvgIpc) is 2.83. The van der Waals surface area contributed by atoms with Crippen molar-refractivity contribution in [1.29, 1.82) is 0 Å². The van der Waals surface area contributed by atoms with E-state index in [1.54, 1.807) is 21.3 Å². The maximum absolute atomic E-state index is 12.8. The zero-order valence-electron chi connectivity index (χ0n) is 19.4. The van der Waals surface area contributed by atoms with E-state index in [1.807, 2.05) is 30.3 Å². The minimum atomic E-state index is -0.0389. The summed E-state index contributed by atoms with van der Waals surface area (Å²) < 4.78 is 21.7. The number of nitrogens with zero attached hydrogens (tertiary/aromatic N) is 1. The van der Waals surface area contributed by atoms with Gasteiger partial charge in [0.25, 0.3) is 0 Å². The fourth-order valence-electron chi connectivity index (χ4n) is 4.26. The standard InChI is InChI=1S/C25H34N2O5/c1-18(24(20-8-6-5-7-9-20)27-12-14-32-15-13-27)26-23(28)11-10-19-16-21(29-2)25(31-4)22(17-19)30-3/h5-9,16-18,24H,10-15H2,1-4H3,(H,26,28)/t18-,24+/m0/s1. The highest BCUT2D eigenvalue weighted by molar-refractivity contribution is 5.76. The van der Waals surface area contributed by atoms with Gasteiger partial charge in [0.1, 0.15) is 0 Å². The molecule has 2 aromatic rings. The number of morpholine rings is 1. The van der Waals surface area contributed by atoms with Gasteiger partial charge in [0.2, 0.25) is 11.7 Å². The van der Waals surface area contributed by atoms with Crippen LogP contribution in [0.2, 0.25) is 0 Å². The van der Waals surface area contributed by atoms with Crippen LogP contribution in [0.15, 0.2) is 42.5 Å². The fraction of sp³-hybridized carbons (Fsp3) is 0.480. The molecule has 0 aromatic heterocycles. The number of hydrogen-bond donors (Lipinski definition) is 1. The monoisotopic (exact) mass is 442 g/mol. The molecule has 3 rings (SSSR count). The molecule has 0 bridgehead atoms. The van der Waals surface area contributed by atoms with Gasteiger partial charge in [0, 0.05) is 25.6 Å². The molecule has 1 aliphatic rings. The Bertz CT molecular complexity index is 843. The van der Waals surface area contributed by atoms with Gasteiger partial charge in [-0.05, 0) is 36.6 Å². The van der Waals surface area contributed by atoms with Crippen molar-refractivity contribution in [1.82, 2.24) is 10.2 Å². The Labute approximate surface area is 190 Å². The van der Waals surface area contributed by atoms with E-state index < -0.39 is 0 Å². The molecule has 174 valence electrons. The van der Waals surface area contributed by atoms with Crippen molar-refractivity contribution in [2.75, 3.05) is 47.6 Å². The van der Waals surface area contributed by atoms with E-state index in [0.717, 1.165) is 18.7 Å². The molecule has 1 amide bonds. The number of ether oxygens (including phenoxy) is 4. The number of amides is 1. The predicted octanol–water partition coefficient (Wildman–Crippen LogP) is 3.22. The van der Waals surface area contributed by atoms with Crippen LogP contribution in [-0.2, 0) is 16.0 Å². The molecule has 1 N–H and O–H groups in total. The van der Waals surface area contributed by atoms with Crippen LogP contribution in [0.4, 0.5) is 0 Å². The molecular formula is C25H34N2O5. The smallest absolute Gasteiger partial charge is 0.220 e. The lowest BCUT2D eigenvalue weighted by Crippen LogP contribution is -2.48. The summed E-state index contributed by atoms with van der Waals surface area (Å²) in [5.74, 6) is 1.74. The fourth-order valence-corrected chi connectivity index (χ4v) is 4.26. The quantitative estimate of drug-likeness (QED) is 0.609. The molecule has 1 saturated heterocycles. The third kappa shape index (κ3) is 5.93. The van der Waals surface area contributed by atoms with E-state index >= 15 is 0 Å². The largest absolute Gasteiger partial charge is 0.493 e. The summed E-state index contributed by atoms with van der Waals surface area (Å²) in [6.07, 6.45) is 0.941. The predicted molar refractivity (Wildman–Crippen MR) is 124 cm³/mol. The zero-order chi connectivity index (χ0) is 22.9. The first-order valence-corrected chi connectivity index (χ1v) is 11.0. The zero-order valence-corrected chi connectivity index (χ0v) is 19.4. The van der Waals surface area contributed by atoms with E-state index in [4.69, 9.17) is 18.9 Å². The lowest BCUT2D eigenvalue weighted by Gasteiger charge is -2.38. The number of nitrogens with one attached hydrogen (secondary N) is 1. The number of rotatable bonds is 10. The van der Waals surface area contributed by atoms with Crippen molar-refractivity contribution in [2.24, 2.45) is 0 Å². The lowest BCUT2D eigenvalue weighted by molar-refractivity contribution is -0.122. The van der Waals surface area contributed by atoms with Crippen LogP contribution >= 0.6 is 0 Å². The lowest BCUT2D eigenvalue weighted by atomic mass is 9.97. The molecule has 2 atom stereocenters. The molecule has 0 aliphatic carbocycles. The van der Waals surface area contributed by atoms with Gasteiger partial charge in [-0.2, -0.15) is 0 Å². The van der Waals surface area contributed by atoms with Gasteiger partial charge in [-0.1, -0.05) is 30.3 Å². The van der Waals surface area contributed by atoms with Crippen molar-refractivity contribution >= 4 is 5.91 Å². The molecule has 2 aromatic carbocycles. The Hall–Kier alpha value is -2.77. The van der Waals surface area contributed by atoms with E-state index in [9.17, 15) is 4.79 Å². The average molecular weight is 443 g/mol. The number of benzene rings is 2. The number of methoxy groups -OCH3 is 3. The van der Waals surface area contributed by atoms with E-state index in [0.29, 0.717) is 43.3 Å². The SMILES string of the molecule is COc1cc(CCC(=O)N[C@@H](C)[C@H](c2ccccc2)N2CCOCC2)cc(OC)c1OC. The summed E-state index contributed by atoms with van der Waals surface area (Å²) in [4.78, 5) is 15.2. The summed E-state index contributed by atoms with van der Waals surface area (Å²) in [5, 5.41) is 3.22. The second-order valence-electron chi connectivity index (χ2n) is 7.89. The second-order valence-corrected chi connectivity index (χ2v) is 7.89. The Balaban J connectivity index is 1.66. The summed E-state index contributed by atoms with van der Waals surface area (Å²) >= 11 is 0. The van der Waals surface area contributed by atoms with Gasteiger partial charge < -0.3 is 24.3 Å². The Morgan fingerprint density at radius 3 is 2.22 bits per heavy atom. The molecule has 7 nitrogen and oxygen atoms in total. The van der Waals surface area contributed by atoms with Gasteiger partial charge in [0.05, 0.1) is 40.6 Å². The summed E-state index contributed by atoms with van der Waals surface area (Å²) in [5.41, 5.74) is 2.15. The topological polar surface area (TPSA) is 69.3 Å². The highest BCUT2D eigenvalue weighted by Gasteiger charge is 2.28. The Morgan fingerprint density at radius 1 is 1.03 bits per heavy atom. The molecule has 1 heterocycles. The minimum Gasteiger partial charge on any atom is -0.493 e.